The smallest absolute Gasteiger partial charge is 0.317 e. The topological polar surface area (TPSA) is 180 Å². The average Bonchev–Trinajstić information content (AvgIpc) is 3.97. The van der Waals surface area contributed by atoms with Crippen LogP contribution in [0.5, 0.6) is 0 Å². The third-order valence-electron chi connectivity index (χ3n) is 15.9. The zero-order valence-electron chi connectivity index (χ0n) is 32.6. The van der Waals surface area contributed by atoms with Crippen LogP contribution in [-0.4, -0.2) is 72.0 Å². The van der Waals surface area contributed by atoms with Crippen LogP contribution in [0.15, 0.2) is 0 Å². The van der Waals surface area contributed by atoms with Crippen molar-refractivity contribution in [1.29, 1.82) is 0 Å². The first-order valence-electron chi connectivity index (χ1n) is 20.6. The Balaban J connectivity index is 0.00000514. The van der Waals surface area contributed by atoms with E-state index in [1.54, 1.807) is 0 Å². The molecule has 7 fully saturated rings. The Bertz CT molecular complexity index is 1520. The Labute approximate surface area is 325 Å². The van der Waals surface area contributed by atoms with Gasteiger partial charge in [-0.2, -0.15) is 0 Å². The number of aliphatic carboxylic acids is 1. The number of rotatable bonds is 13. The third-order valence-corrected chi connectivity index (χ3v) is 15.9. The highest BCUT2D eigenvalue weighted by molar-refractivity contribution is 5.96. The monoisotopic (exact) mass is 772 g/mol. The molecule has 55 heavy (non-hydrogen) atoms. The van der Waals surface area contributed by atoms with Crippen molar-refractivity contribution in [2.75, 3.05) is 20.3 Å². The molecule has 1 saturated heterocycles. The number of methoxy groups -OCH3 is 1. The molecule has 18 unspecified atom stereocenters. The summed E-state index contributed by atoms with van der Waals surface area (Å²) in [6.45, 7) is 9.99. The van der Waals surface area contributed by atoms with Gasteiger partial charge in [-0.3, -0.25) is 28.8 Å². The quantitative estimate of drug-likeness (QED) is 0.103. The van der Waals surface area contributed by atoms with Crippen molar-refractivity contribution in [3.63, 3.8) is 0 Å². The minimum atomic E-state index is -0.983. The molecule has 6 saturated carbocycles. The molecule has 0 aromatic heterocycles. The van der Waals surface area contributed by atoms with Crippen LogP contribution >= 0.6 is 0 Å². The van der Waals surface area contributed by atoms with Gasteiger partial charge in [-0.25, -0.2) is 0 Å². The zero-order valence-corrected chi connectivity index (χ0v) is 32.6. The lowest BCUT2D eigenvalue weighted by Crippen LogP contribution is -2.44. The summed E-state index contributed by atoms with van der Waals surface area (Å²) in [6.07, 6.45) is 5.73. The molecule has 12 heteroatoms. The Kier molecular flexibility index (Phi) is 11.9. The molecule has 7 aliphatic rings. The number of carboxylic acid groups (broad SMARTS) is 1. The number of fused-ring (bicyclic) bond motifs is 6. The van der Waals surface area contributed by atoms with E-state index in [0.717, 1.165) is 19.3 Å². The Morgan fingerprint density at radius 2 is 1.29 bits per heavy atom. The molecule has 0 amide bonds. The van der Waals surface area contributed by atoms with Crippen molar-refractivity contribution in [2.24, 2.45) is 107 Å². The second kappa shape index (κ2) is 15.7. The normalized spacial score (nSPS) is 43.7. The van der Waals surface area contributed by atoms with Crippen LogP contribution in [0, 0.1) is 107 Å². The summed E-state index contributed by atoms with van der Waals surface area (Å²) >= 11 is 0. The SMILES string of the molecule is C.COC(=O)C1C2CC(C(CC3C(CC4C(=O)OC(=O)C4CC4C(C)C5CC(C(=O)OC(C)(C)C)C4C5)C4CC(C(=O)OCCCO)C3C4)C2C)C1C(=O)O. The summed E-state index contributed by atoms with van der Waals surface area (Å²) in [5, 5.41) is 19.6. The summed E-state index contributed by atoms with van der Waals surface area (Å²) in [4.78, 5) is 79.2. The van der Waals surface area contributed by atoms with Gasteiger partial charge in [-0.1, -0.05) is 21.3 Å². The van der Waals surface area contributed by atoms with Crippen molar-refractivity contribution < 1.29 is 57.9 Å². The lowest BCUT2D eigenvalue weighted by atomic mass is 9.61. The largest absolute Gasteiger partial charge is 0.481 e. The van der Waals surface area contributed by atoms with E-state index >= 15 is 0 Å². The summed E-state index contributed by atoms with van der Waals surface area (Å²) < 4.78 is 21.9. The first-order valence-corrected chi connectivity index (χ1v) is 20.6. The third kappa shape index (κ3) is 7.35. The first-order chi connectivity index (χ1) is 25.5. The van der Waals surface area contributed by atoms with Crippen molar-refractivity contribution >= 4 is 35.8 Å². The first kappa shape index (κ1) is 41.6. The minimum absolute atomic E-state index is 0. The molecule has 1 aliphatic heterocycles. The predicted octanol–water partition coefficient (Wildman–Crippen LogP) is 5.56. The maximum Gasteiger partial charge on any atom is 0.317 e. The van der Waals surface area contributed by atoms with Crippen molar-refractivity contribution in [2.45, 2.75) is 105 Å². The number of hydrogen-bond donors (Lipinski definition) is 2. The van der Waals surface area contributed by atoms with Gasteiger partial charge in [-0.15, -0.1) is 0 Å². The van der Waals surface area contributed by atoms with Crippen LogP contribution in [0.3, 0.4) is 0 Å². The highest BCUT2D eigenvalue weighted by Crippen LogP contribution is 2.65. The van der Waals surface area contributed by atoms with E-state index in [2.05, 4.69) is 13.8 Å². The standard InChI is InChI=1S/C42H60O12.CH4/c1-18-20-10-26(31(11-20)40(49)54-42(3,4)5)22(18)15-32-33(39(48)53-38(32)47)17-25-21-12-27(30(13-21)37(46)52-9-7-8-43)28(25)14-23-19(2)24-16-29(23)34(36(44)45)35(24)41(50)51-6;/h18-35,43H,7-17H2,1-6H3,(H,44,45);1H4. The molecule has 1 heterocycles. The van der Waals surface area contributed by atoms with Crippen LogP contribution in [0.25, 0.3) is 0 Å². The number of esters is 5. The van der Waals surface area contributed by atoms with Gasteiger partial charge in [0.15, 0.2) is 0 Å². The number of carboxylic acids is 1. The summed E-state index contributed by atoms with van der Waals surface area (Å²) in [6, 6.07) is 0. The summed E-state index contributed by atoms with van der Waals surface area (Å²) in [5.41, 5.74) is -0.591. The van der Waals surface area contributed by atoms with Gasteiger partial charge < -0.3 is 29.2 Å². The van der Waals surface area contributed by atoms with E-state index in [9.17, 15) is 39.0 Å². The van der Waals surface area contributed by atoms with Gasteiger partial charge in [0.05, 0.1) is 49.2 Å². The molecule has 12 nitrogen and oxygen atoms in total. The molecule has 0 aromatic rings. The maximum absolute atomic E-state index is 13.6. The summed E-state index contributed by atoms with van der Waals surface area (Å²) in [5.74, 6) is -5.41. The second-order valence-corrected chi connectivity index (χ2v) is 19.3. The lowest BCUT2D eigenvalue weighted by Gasteiger charge is -2.42. The fraction of sp³-hybridized carbons (Fsp3) is 0.860. The van der Waals surface area contributed by atoms with Crippen LogP contribution in [0.1, 0.15) is 99.8 Å². The van der Waals surface area contributed by atoms with Crippen LogP contribution in [0.4, 0.5) is 0 Å². The predicted molar refractivity (Wildman–Crippen MR) is 197 cm³/mol. The van der Waals surface area contributed by atoms with Gasteiger partial charge in [0, 0.05) is 13.0 Å². The fourth-order valence-electron chi connectivity index (χ4n) is 13.7. The molecule has 18 atom stereocenters. The maximum atomic E-state index is 13.6. The number of aliphatic hydroxyl groups is 1. The van der Waals surface area contributed by atoms with Crippen molar-refractivity contribution in [3.05, 3.63) is 0 Å². The van der Waals surface area contributed by atoms with Gasteiger partial charge in [0.1, 0.15) is 5.60 Å². The van der Waals surface area contributed by atoms with Crippen LogP contribution < -0.4 is 0 Å². The fourth-order valence-corrected chi connectivity index (χ4v) is 13.7. The van der Waals surface area contributed by atoms with Crippen molar-refractivity contribution in [1.82, 2.24) is 0 Å². The number of aliphatic hydroxyl groups excluding tert-OH is 1. The Morgan fingerprint density at radius 1 is 0.709 bits per heavy atom. The molecule has 7 rings (SSSR count). The van der Waals surface area contributed by atoms with Crippen molar-refractivity contribution in [3.8, 4) is 0 Å². The second-order valence-electron chi connectivity index (χ2n) is 19.3. The molecule has 6 aliphatic carbocycles. The lowest BCUT2D eigenvalue weighted by molar-refractivity contribution is -0.163. The van der Waals surface area contributed by atoms with E-state index in [-0.39, 0.29) is 104 Å². The molecule has 0 radical (unpaired) electrons. The number of cyclic esters (lactones) is 2. The van der Waals surface area contributed by atoms with Crippen LogP contribution in [0.2, 0.25) is 0 Å². The molecule has 0 spiro atoms. The van der Waals surface area contributed by atoms with Gasteiger partial charge in [0.25, 0.3) is 0 Å². The molecule has 2 N–H and O–H groups in total. The van der Waals surface area contributed by atoms with E-state index in [4.69, 9.17) is 18.9 Å². The van der Waals surface area contributed by atoms with E-state index in [1.165, 1.54) is 7.11 Å². The number of hydrogen-bond acceptors (Lipinski definition) is 11. The number of ether oxygens (including phenoxy) is 4. The number of carbonyl (C=O) groups excluding carboxylic acids is 5. The number of carbonyl (C=O) groups is 6. The van der Waals surface area contributed by atoms with E-state index in [0.29, 0.717) is 50.4 Å². The Morgan fingerprint density at radius 3 is 1.89 bits per heavy atom. The molecule has 0 aromatic carbocycles. The molecular weight excluding hydrogens is 708 g/mol. The highest BCUT2D eigenvalue weighted by atomic mass is 16.6. The van der Waals surface area contributed by atoms with Gasteiger partial charge in [0.2, 0.25) is 0 Å². The molecule has 6 bridgehead atoms. The molecular formula is C43H64O12. The minimum Gasteiger partial charge on any atom is -0.481 e. The zero-order chi connectivity index (χ0) is 39.0. The summed E-state index contributed by atoms with van der Waals surface area (Å²) in [7, 11) is 1.30. The van der Waals surface area contributed by atoms with Gasteiger partial charge in [-0.05, 0) is 143 Å². The van der Waals surface area contributed by atoms with Crippen LogP contribution in [-0.2, 0) is 47.7 Å². The Hall–Kier alpha value is -3.02. The van der Waals surface area contributed by atoms with E-state index in [1.807, 2.05) is 20.8 Å². The highest BCUT2D eigenvalue weighted by Gasteiger charge is 2.64. The van der Waals surface area contributed by atoms with E-state index < -0.39 is 53.1 Å². The van der Waals surface area contributed by atoms with Gasteiger partial charge >= 0.3 is 35.8 Å². The average molecular weight is 773 g/mol. The molecule has 308 valence electrons.